The molecule has 1 fully saturated rings. The lowest BCUT2D eigenvalue weighted by molar-refractivity contribution is -0.145. The van der Waals surface area contributed by atoms with Gasteiger partial charge in [0, 0.05) is 30.2 Å². The highest BCUT2D eigenvalue weighted by molar-refractivity contribution is 9.10. The molecule has 2 rings (SSSR count). The zero-order chi connectivity index (χ0) is 16.4. The van der Waals surface area contributed by atoms with E-state index in [1.807, 2.05) is 25.1 Å². The Bertz CT molecular complexity index is 632. The van der Waals surface area contributed by atoms with Gasteiger partial charge in [-0.25, -0.2) is 0 Å². The van der Waals surface area contributed by atoms with Crippen molar-refractivity contribution in [3.05, 3.63) is 28.2 Å². The monoisotopic (exact) mass is 368 g/mol. The number of hydrogen-bond acceptors (Lipinski definition) is 3. The number of carboxylic acids is 1. The topological polar surface area (TPSA) is 77.9 Å². The molecule has 2 amide bonds. The first-order chi connectivity index (χ1) is 10.3. The summed E-state index contributed by atoms with van der Waals surface area (Å²) in [5, 5.41) is 8.74. The van der Waals surface area contributed by atoms with E-state index in [1.165, 1.54) is 7.05 Å². The lowest BCUT2D eigenvalue weighted by Crippen LogP contribution is -2.37. The first kappa shape index (κ1) is 16.5. The van der Waals surface area contributed by atoms with Crippen molar-refractivity contribution in [3.63, 3.8) is 0 Å². The lowest BCUT2D eigenvalue weighted by Gasteiger charge is -2.20. The molecule has 22 heavy (non-hydrogen) atoms. The largest absolute Gasteiger partial charge is 0.480 e. The van der Waals surface area contributed by atoms with Gasteiger partial charge >= 0.3 is 5.97 Å². The highest BCUT2D eigenvalue weighted by atomic mass is 79.9. The minimum Gasteiger partial charge on any atom is -0.480 e. The number of amides is 2. The number of carbonyl (C=O) groups excluding carboxylic acids is 2. The highest BCUT2D eigenvalue weighted by Crippen LogP contribution is 2.29. The van der Waals surface area contributed by atoms with Gasteiger partial charge in [-0.1, -0.05) is 15.9 Å². The normalized spacial score (nSPS) is 17.7. The SMILES string of the molecule is Cc1cc(N2CC(C(=O)N(C)CC(=O)O)CC2=O)ccc1Br. The fourth-order valence-corrected chi connectivity index (χ4v) is 2.76. The zero-order valence-corrected chi connectivity index (χ0v) is 14.0. The molecule has 0 radical (unpaired) electrons. The van der Waals surface area contributed by atoms with Crippen LogP contribution in [0.15, 0.2) is 22.7 Å². The van der Waals surface area contributed by atoms with Crippen LogP contribution in [-0.4, -0.2) is 47.9 Å². The first-order valence-corrected chi connectivity index (χ1v) is 7.62. The third kappa shape index (κ3) is 3.47. The van der Waals surface area contributed by atoms with E-state index in [4.69, 9.17) is 5.11 Å². The van der Waals surface area contributed by atoms with Crippen LogP contribution in [0, 0.1) is 12.8 Å². The van der Waals surface area contributed by atoms with Crippen LogP contribution in [-0.2, 0) is 14.4 Å². The van der Waals surface area contributed by atoms with E-state index in [1.54, 1.807) is 4.90 Å². The summed E-state index contributed by atoms with van der Waals surface area (Å²) in [7, 11) is 1.44. The van der Waals surface area contributed by atoms with Crippen LogP contribution >= 0.6 is 15.9 Å². The van der Waals surface area contributed by atoms with Gasteiger partial charge in [-0.15, -0.1) is 0 Å². The molecule has 0 saturated carbocycles. The average molecular weight is 369 g/mol. The molecule has 0 bridgehead atoms. The Morgan fingerprint density at radius 3 is 2.73 bits per heavy atom. The lowest BCUT2D eigenvalue weighted by atomic mass is 10.1. The van der Waals surface area contributed by atoms with Crippen molar-refractivity contribution in [1.29, 1.82) is 0 Å². The van der Waals surface area contributed by atoms with Crippen molar-refractivity contribution in [2.24, 2.45) is 5.92 Å². The molecular weight excluding hydrogens is 352 g/mol. The quantitative estimate of drug-likeness (QED) is 0.876. The molecule has 0 aliphatic carbocycles. The Kier molecular flexibility index (Phi) is 4.85. The second kappa shape index (κ2) is 6.48. The summed E-state index contributed by atoms with van der Waals surface area (Å²) in [6.07, 6.45) is 0.109. The Balaban J connectivity index is 2.11. The van der Waals surface area contributed by atoms with Gasteiger partial charge in [-0.3, -0.25) is 14.4 Å². The fraction of sp³-hybridized carbons (Fsp3) is 0.400. The van der Waals surface area contributed by atoms with Gasteiger partial charge < -0.3 is 14.9 Å². The predicted octanol–water partition coefficient (Wildman–Crippen LogP) is 1.65. The van der Waals surface area contributed by atoms with Gasteiger partial charge in [0.1, 0.15) is 6.54 Å². The third-order valence-electron chi connectivity index (χ3n) is 3.68. The highest BCUT2D eigenvalue weighted by Gasteiger charge is 2.36. The number of rotatable bonds is 4. The number of halogens is 1. The summed E-state index contributed by atoms with van der Waals surface area (Å²) in [5.41, 5.74) is 1.75. The Labute approximate surface area is 136 Å². The molecule has 1 aromatic rings. The van der Waals surface area contributed by atoms with Crippen molar-refractivity contribution in [2.75, 3.05) is 25.0 Å². The van der Waals surface area contributed by atoms with E-state index in [0.717, 1.165) is 20.6 Å². The standard InChI is InChI=1S/C15H17BrN2O4/c1-9-5-11(3-4-12(9)16)18-7-10(6-13(18)19)15(22)17(2)8-14(20)21/h3-5,10H,6-8H2,1-2H3,(H,20,21). The second-order valence-electron chi connectivity index (χ2n) is 5.43. The molecule has 1 aliphatic heterocycles. The molecule has 1 aromatic carbocycles. The summed E-state index contributed by atoms with van der Waals surface area (Å²) in [5.74, 6) is -2.00. The molecule has 0 aromatic heterocycles. The number of hydrogen-bond donors (Lipinski definition) is 1. The molecule has 7 heteroatoms. The molecule has 118 valence electrons. The van der Waals surface area contributed by atoms with E-state index in [9.17, 15) is 14.4 Å². The van der Waals surface area contributed by atoms with Gasteiger partial charge in [0.25, 0.3) is 0 Å². The molecule has 1 aliphatic rings. The number of anilines is 1. The smallest absolute Gasteiger partial charge is 0.323 e. The molecular formula is C15H17BrN2O4. The van der Waals surface area contributed by atoms with Crippen molar-refractivity contribution >= 4 is 39.4 Å². The van der Waals surface area contributed by atoms with Gasteiger partial charge in [-0.05, 0) is 30.7 Å². The van der Waals surface area contributed by atoms with E-state index in [0.29, 0.717) is 0 Å². The Hall–Kier alpha value is -1.89. The molecule has 1 saturated heterocycles. The van der Waals surface area contributed by atoms with Crippen LogP contribution in [0.1, 0.15) is 12.0 Å². The van der Waals surface area contributed by atoms with Crippen LogP contribution < -0.4 is 4.90 Å². The third-order valence-corrected chi connectivity index (χ3v) is 4.57. The van der Waals surface area contributed by atoms with Crippen molar-refractivity contribution < 1.29 is 19.5 Å². The molecule has 1 N–H and O–H groups in total. The molecule has 6 nitrogen and oxygen atoms in total. The van der Waals surface area contributed by atoms with Crippen LogP contribution in [0.2, 0.25) is 0 Å². The summed E-state index contributed by atoms with van der Waals surface area (Å²) in [6.45, 7) is 1.85. The van der Waals surface area contributed by atoms with Crippen LogP contribution in [0.25, 0.3) is 0 Å². The van der Waals surface area contributed by atoms with E-state index >= 15 is 0 Å². The van der Waals surface area contributed by atoms with Gasteiger partial charge in [0.15, 0.2) is 0 Å². The minimum atomic E-state index is -1.07. The average Bonchev–Trinajstić information content (AvgIpc) is 2.82. The maximum absolute atomic E-state index is 12.2. The molecule has 1 unspecified atom stereocenters. The second-order valence-corrected chi connectivity index (χ2v) is 6.28. The molecule has 1 heterocycles. The van der Waals surface area contributed by atoms with E-state index < -0.39 is 11.9 Å². The number of aliphatic carboxylic acids is 1. The number of benzene rings is 1. The summed E-state index contributed by atoms with van der Waals surface area (Å²) < 4.78 is 0.955. The van der Waals surface area contributed by atoms with Crippen LogP contribution in [0.5, 0.6) is 0 Å². The number of carboxylic acid groups (broad SMARTS) is 1. The van der Waals surface area contributed by atoms with E-state index in [-0.39, 0.29) is 31.3 Å². The number of carbonyl (C=O) groups is 3. The maximum Gasteiger partial charge on any atom is 0.323 e. The zero-order valence-electron chi connectivity index (χ0n) is 12.4. The van der Waals surface area contributed by atoms with Gasteiger partial charge in [-0.2, -0.15) is 0 Å². The number of aryl methyl sites for hydroxylation is 1. The van der Waals surface area contributed by atoms with Gasteiger partial charge in [0.2, 0.25) is 11.8 Å². The minimum absolute atomic E-state index is 0.109. The summed E-state index contributed by atoms with van der Waals surface area (Å²) >= 11 is 3.41. The first-order valence-electron chi connectivity index (χ1n) is 6.83. The van der Waals surface area contributed by atoms with Crippen molar-refractivity contribution in [1.82, 2.24) is 4.90 Å². The summed E-state index contributed by atoms with van der Waals surface area (Å²) in [4.78, 5) is 37.8. The Morgan fingerprint density at radius 2 is 2.14 bits per heavy atom. The van der Waals surface area contributed by atoms with Crippen LogP contribution in [0.4, 0.5) is 5.69 Å². The fourth-order valence-electron chi connectivity index (χ4n) is 2.51. The molecule has 0 spiro atoms. The van der Waals surface area contributed by atoms with Crippen molar-refractivity contribution in [2.45, 2.75) is 13.3 Å². The molecule has 1 atom stereocenters. The van der Waals surface area contributed by atoms with Crippen LogP contribution in [0.3, 0.4) is 0 Å². The predicted molar refractivity (Wildman–Crippen MR) is 84.6 cm³/mol. The van der Waals surface area contributed by atoms with Gasteiger partial charge in [0.05, 0.1) is 5.92 Å². The number of likely N-dealkylation sites (N-methyl/N-ethyl adjacent to an activating group) is 1. The number of nitrogens with zero attached hydrogens (tertiary/aromatic N) is 2. The van der Waals surface area contributed by atoms with Crippen molar-refractivity contribution in [3.8, 4) is 0 Å². The van der Waals surface area contributed by atoms with E-state index in [2.05, 4.69) is 15.9 Å². The maximum atomic E-state index is 12.2. The summed E-state index contributed by atoms with van der Waals surface area (Å²) in [6, 6.07) is 5.57. The Morgan fingerprint density at radius 1 is 1.45 bits per heavy atom.